The first-order valence-corrected chi connectivity index (χ1v) is 21.7. The fourth-order valence-electron chi connectivity index (χ4n) is 9.79. The molecule has 4 heteroatoms. The second-order valence-corrected chi connectivity index (χ2v) is 16.5. The monoisotopic (exact) mass is 818 g/mol. The molecule has 3 aromatic heterocycles. The van der Waals surface area contributed by atoms with Crippen molar-refractivity contribution in [3.63, 3.8) is 0 Å². The lowest BCUT2D eigenvalue weighted by Crippen LogP contribution is -2.10. The Kier molecular flexibility index (Phi) is 8.18. The lowest BCUT2D eigenvalue weighted by molar-refractivity contribution is 0.669. The second kappa shape index (κ2) is 14.5. The standard InChI is InChI=1S/C60H38N2O2/c1-2-13-41(14-3-1)47-20-11-21-52-53-38-43(31-36-58(53)63-59(47)52)40-29-34-45(35-30-40)61(56-25-12-22-51-50-19-6-9-26-57(50)64-60(51)56)44-32-27-39(28-33-44)42-15-10-16-46(37-42)62-54-23-7-4-17-48(54)49-18-5-8-24-55(49)62/h1-38H. The van der Waals surface area contributed by atoms with Gasteiger partial charge >= 0.3 is 0 Å². The van der Waals surface area contributed by atoms with Crippen LogP contribution >= 0.6 is 0 Å². The molecule has 10 aromatic carbocycles. The van der Waals surface area contributed by atoms with Gasteiger partial charge in [-0.15, -0.1) is 0 Å². The van der Waals surface area contributed by atoms with E-state index in [0.29, 0.717) is 0 Å². The average Bonchev–Trinajstić information content (AvgIpc) is 4.05. The number of aromatic nitrogens is 1. The molecule has 64 heavy (non-hydrogen) atoms. The van der Waals surface area contributed by atoms with Gasteiger partial charge in [-0.05, 0) is 101 Å². The van der Waals surface area contributed by atoms with Crippen molar-refractivity contribution >= 4 is 82.7 Å². The van der Waals surface area contributed by atoms with E-state index in [9.17, 15) is 0 Å². The van der Waals surface area contributed by atoms with Crippen LogP contribution < -0.4 is 4.90 Å². The summed E-state index contributed by atoms with van der Waals surface area (Å²) in [6.45, 7) is 0. The zero-order chi connectivity index (χ0) is 42.1. The highest BCUT2D eigenvalue weighted by atomic mass is 16.3. The van der Waals surface area contributed by atoms with E-state index in [4.69, 9.17) is 8.83 Å². The molecule has 300 valence electrons. The van der Waals surface area contributed by atoms with E-state index < -0.39 is 0 Å². The van der Waals surface area contributed by atoms with Crippen LogP contribution in [0.2, 0.25) is 0 Å². The summed E-state index contributed by atoms with van der Waals surface area (Å²) in [5.74, 6) is 0. The van der Waals surface area contributed by atoms with Gasteiger partial charge in [0, 0.05) is 54.9 Å². The highest BCUT2D eigenvalue weighted by Gasteiger charge is 2.21. The highest BCUT2D eigenvalue weighted by Crippen LogP contribution is 2.44. The fourth-order valence-corrected chi connectivity index (χ4v) is 9.79. The van der Waals surface area contributed by atoms with Crippen molar-refractivity contribution in [1.29, 1.82) is 0 Å². The minimum absolute atomic E-state index is 0.850. The summed E-state index contributed by atoms with van der Waals surface area (Å²) in [5, 5.41) is 6.92. The molecule has 0 N–H and O–H groups in total. The number of rotatable bonds is 7. The third-order valence-electron chi connectivity index (χ3n) is 12.8. The van der Waals surface area contributed by atoms with Crippen molar-refractivity contribution in [3.05, 3.63) is 231 Å². The topological polar surface area (TPSA) is 34.5 Å². The van der Waals surface area contributed by atoms with E-state index in [2.05, 4.69) is 222 Å². The lowest BCUT2D eigenvalue weighted by atomic mass is 10.00. The van der Waals surface area contributed by atoms with Crippen LogP contribution in [0.25, 0.3) is 105 Å². The van der Waals surface area contributed by atoms with E-state index in [1.165, 1.54) is 21.8 Å². The maximum atomic E-state index is 6.66. The Hall–Kier alpha value is -8.60. The molecule has 0 aliphatic rings. The number of para-hydroxylation sites is 5. The molecule has 0 aliphatic carbocycles. The average molecular weight is 819 g/mol. The van der Waals surface area contributed by atoms with Gasteiger partial charge in [0.25, 0.3) is 0 Å². The smallest absolute Gasteiger partial charge is 0.159 e. The van der Waals surface area contributed by atoms with Gasteiger partial charge in [-0.3, -0.25) is 0 Å². The van der Waals surface area contributed by atoms with Crippen LogP contribution in [0.1, 0.15) is 0 Å². The van der Waals surface area contributed by atoms with Gasteiger partial charge in [0.15, 0.2) is 5.58 Å². The van der Waals surface area contributed by atoms with E-state index in [1.54, 1.807) is 0 Å². The first-order valence-electron chi connectivity index (χ1n) is 21.7. The van der Waals surface area contributed by atoms with E-state index in [1.807, 2.05) is 18.2 Å². The minimum Gasteiger partial charge on any atom is -0.455 e. The van der Waals surface area contributed by atoms with E-state index in [-0.39, 0.29) is 0 Å². The number of furan rings is 2. The number of anilines is 3. The summed E-state index contributed by atoms with van der Waals surface area (Å²) in [7, 11) is 0. The molecule has 0 fully saturated rings. The summed E-state index contributed by atoms with van der Waals surface area (Å²) in [5.41, 5.74) is 16.9. The third-order valence-corrected chi connectivity index (χ3v) is 12.8. The SMILES string of the molecule is c1ccc(-c2cccc3c2oc2ccc(-c4ccc(N(c5ccc(-c6cccc(-n7c8ccccc8c8ccccc87)c6)cc5)c5cccc6c5oc5ccccc56)cc4)cc23)cc1. The Morgan fingerprint density at radius 1 is 0.312 bits per heavy atom. The summed E-state index contributed by atoms with van der Waals surface area (Å²) in [6.07, 6.45) is 0. The van der Waals surface area contributed by atoms with Crippen molar-refractivity contribution in [2.24, 2.45) is 0 Å². The normalized spacial score (nSPS) is 11.8. The molecular weight excluding hydrogens is 781 g/mol. The van der Waals surface area contributed by atoms with Gasteiger partial charge in [-0.2, -0.15) is 0 Å². The summed E-state index contributed by atoms with van der Waals surface area (Å²) >= 11 is 0. The molecule has 0 amide bonds. The summed E-state index contributed by atoms with van der Waals surface area (Å²) in [4.78, 5) is 2.31. The fraction of sp³-hybridized carbons (Fsp3) is 0. The molecule has 0 radical (unpaired) electrons. The van der Waals surface area contributed by atoms with Crippen molar-refractivity contribution in [3.8, 4) is 39.1 Å². The summed E-state index contributed by atoms with van der Waals surface area (Å²) in [6, 6.07) is 82.0. The van der Waals surface area contributed by atoms with Crippen LogP contribution in [0.4, 0.5) is 17.1 Å². The number of fused-ring (bicyclic) bond motifs is 9. The van der Waals surface area contributed by atoms with Crippen molar-refractivity contribution in [1.82, 2.24) is 4.57 Å². The Balaban J connectivity index is 0.897. The molecule has 0 saturated heterocycles. The lowest BCUT2D eigenvalue weighted by Gasteiger charge is -2.26. The molecule has 0 bridgehead atoms. The molecule has 0 unspecified atom stereocenters. The molecule has 3 heterocycles. The molecule has 0 saturated carbocycles. The van der Waals surface area contributed by atoms with Crippen LogP contribution in [-0.2, 0) is 0 Å². The number of hydrogen-bond donors (Lipinski definition) is 0. The molecule has 0 atom stereocenters. The van der Waals surface area contributed by atoms with E-state index in [0.717, 1.165) is 100 Å². The predicted molar refractivity (Wildman–Crippen MR) is 266 cm³/mol. The van der Waals surface area contributed by atoms with Crippen molar-refractivity contribution < 1.29 is 8.83 Å². The molecule has 13 rings (SSSR count). The van der Waals surface area contributed by atoms with Gasteiger partial charge in [0.1, 0.15) is 16.7 Å². The van der Waals surface area contributed by atoms with Gasteiger partial charge in [-0.25, -0.2) is 0 Å². The Bertz CT molecular complexity index is 3840. The minimum atomic E-state index is 0.850. The van der Waals surface area contributed by atoms with Crippen molar-refractivity contribution in [2.75, 3.05) is 4.90 Å². The predicted octanol–water partition coefficient (Wildman–Crippen LogP) is 17.1. The van der Waals surface area contributed by atoms with Gasteiger partial charge in [0.05, 0.1) is 16.7 Å². The van der Waals surface area contributed by atoms with Gasteiger partial charge < -0.3 is 18.3 Å². The van der Waals surface area contributed by atoms with Gasteiger partial charge in [0.2, 0.25) is 0 Å². The van der Waals surface area contributed by atoms with Crippen molar-refractivity contribution in [2.45, 2.75) is 0 Å². The first-order chi connectivity index (χ1) is 31.7. The largest absolute Gasteiger partial charge is 0.455 e. The zero-order valence-corrected chi connectivity index (χ0v) is 34.7. The van der Waals surface area contributed by atoms with Crippen LogP contribution in [0.3, 0.4) is 0 Å². The van der Waals surface area contributed by atoms with Gasteiger partial charge in [-0.1, -0.05) is 158 Å². The van der Waals surface area contributed by atoms with Crippen LogP contribution in [0, 0.1) is 0 Å². The Morgan fingerprint density at radius 2 is 0.828 bits per heavy atom. The maximum absolute atomic E-state index is 6.66. The second-order valence-electron chi connectivity index (χ2n) is 16.5. The molecule has 4 nitrogen and oxygen atoms in total. The Morgan fingerprint density at radius 3 is 1.55 bits per heavy atom. The molecule has 13 aromatic rings. The van der Waals surface area contributed by atoms with Crippen LogP contribution in [-0.4, -0.2) is 4.57 Å². The maximum Gasteiger partial charge on any atom is 0.159 e. The van der Waals surface area contributed by atoms with E-state index >= 15 is 0 Å². The highest BCUT2D eigenvalue weighted by molar-refractivity contribution is 6.12. The molecule has 0 aliphatic heterocycles. The van der Waals surface area contributed by atoms with Crippen LogP contribution in [0.15, 0.2) is 239 Å². The number of nitrogens with zero attached hydrogens (tertiary/aromatic N) is 2. The quantitative estimate of drug-likeness (QED) is 0.161. The number of hydrogen-bond acceptors (Lipinski definition) is 3. The molecule has 0 spiro atoms. The zero-order valence-electron chi connectivity index (χ0n) is 34.7. The first kappa shape index (κ1) is 36.1. The van der Waals surface area contributed by atoms with Crippen LogP contribution in [0.5, 0.6) is 0 Å². The third kappa shape index (κ3) is 5.77. The number of benzene rings is 10. The Labute approximate surface area is 369 Å². The molecular formula is C60H38N2O2. The summed E-state index contributed by atoms with van der Waals surface area (Å²) < 4.78 is 15.5.